The van der Waals surface area contributed by atoms with Crippen LogP contribution in [0, 0.1) is 10.1 Å². The van der Waals surface area contributed by atoms with E-state index in [0.29, 0.717) is 13.1 Å². The Hall–Kier alpha value is -3.66. The van der Waals surface area contributed by atoms with Crippen LogP contribution in [0.3, 0.4) is 0 Å². The number of nitro benzene ring substituents is 1. The maximum atomic E-state index is 12.2. The maximum Gasteiger partial charge on any atom is 0.270 e. The van der Waals surface area contributed by atoms with Gasteiger partial charge in [0.1, 0.15) is 5.75 Å². The molecule has 1 fully saturated rings. The number of non-ortho nitro benzene ring substituents is 1. The zero-order valence-electron chi connectivity index (χ0n) is 16.5. The Kier molecular flexibility index (Phi) is 6.81. The van der Waals surface area contributed by atoms with Crippen LogP contribution in [0.15, 0.2) is 48.5 Å². The van der Waals surface area contributed by atoms with Gasteiger partial charge in [-0.3, -0.25) is 35.5 Å². The third kappa shape index (κ3) is 5.45. The summed E-state index contributed by atoms with van der Waals surface area (Å²) in [5, 5.41) is 10.8. The van der Waals surface area contributed by atoms with E-state index in [1.807, 2.05) is 29.2 Å². The number of rotatable bonds is 6. The molecule has 1 aliphatic heterocycles. The van der Waals surface area contributed by atoms with Gasteiger partial charge >= 0.3 is 0 Å². The van der Waals surface area contributed by atoms with E-state index < -0.39 is 10.8 Å². The lowest BCUT2D eigenvalue weighted by molar-refractivity contribution is -0.384. The summed E-state index contributed by atoms with van der Waals surface area (Å²) in [4.78, 5) is 38.7. The van der Waals surface area contributed by atoms with E-state index in [0.717, 1.165) is 30.6 Å². The van der Waals surface area contributed by atoms with Crippen LogP contribution >= 0.6 is 0 Å². The predicted molar refractivity (Wildman–Crippen MR) is 110 cm³/mol. The van der Waals surface area contributed by atoms with Gasteiger partial charge in [-0.2, -0.15) is 0 Å². The van der Waals surface area contributed by atoms with Crippen LogP contribution in [0.5, 0.6) is 5.75 Å². The second kappa shape index (κ2) is 9.70. The molecular formula is C20H23N5O5. The van der Waals surface area contributed by atoms with E-state index in [-0.39, 0.29) is 23.7 Å². The second-order valence-electron chi connectivity index (χ2n) is 6.77. The average Bonchev–Trinajstić information content (AvgIpc) is 2.78. The van der Waals surface area contributed by atoms with Crippen LogP contribution in [-0.4, -0.2) is 61.5 Å². The number of anilines is 1. The summed E-state index contributed by atoms with van der Waals surface area (Å²) in [6, 6.07) is 13.1. The summed E-state index contributed by atoms with van der Waals surface area (Å²) >= 11 is 0. The number of nitro groups is 1. The van der Waals surface area contributed by atoms with Gasteiger partial charge in [-0.15, -0.1) is 0 Å². The summed E-state index contributed by atoms with van der Waals surface area (Å²) in [5.74, 6) is -0.174. The number of nitrogens with one attached hydrogen (secondary N) is 2. The van der Waals surface area contributed by atoms with Gasteiger partial charge in [0.2, 0.25) is 0 Å². The molecule has 1 aliphatic rings. The van der Waals surface area contributed by atoms with Crippen LogP contribution in [0.4, 0.5) is 11.4 Å². The van der Waals surface area contributed by atoms with Crippen LogP contribution in [0.1, 0.15) is 10.4 Å². The van der Waals surface area contributed by atoms with Crippen molar-refractivity contribution in [3.8, 4) is 5.75 Å². The Bertz CT molecular complexity index is 927. The number of amides is 2. The fourth-order valence-electron chi connectivity index (χ4n) is 3.17. The number of carbonyl (C=O) groups excluding carboxylic acids is 2. The maximum absolute atomic E-state index is 12.2. The molecule has 2 N–H and O–H groups in total. The molecule has 0 bridgehead atoms. The highest BCUT2D eigenvalue weighted by molar-refractivity contribution is 5.96. The summed E-state index contributed by atoms with van der Waals surface area (Å²) < 4.78 is 5.26. The average molecular weight is 413 g/mol. The van der Waals surface area contributed by atoms with E-state index in [1.165, 1.54) is 18.2 Å². The van der Waals surface area contributed by atoms with Crippen molar-refractivity contribution in [3.05, 3.63) is 64.2 Å². The lowest BCUT2D eigenvalue weighted by Crippen LogP contribution is -2.52. The van der Waals surface area contributed by atoms with Gasteiger partial charge in [0.15, 0.2) is 0 Å². The Labute approximate surface area is 173 Å². The van der Waals surface area contributed by atoms with Crippen molar-refractivity contribution in [2.24, 2.45) is 0 Å². The van der Waals surface area contributed by atoms with Gasteiger partial charge in [0.05, 0.1) is 18.6 Å². The van der Waals surface area contributed by atoms with Gasteiger partial charge in [-0.25, -0.2) is 0 Å². The zero-order chi connectivity index (χ0) is 21.5. The first kappa shape index (κ1) is 21.1. The van der Waals surface area contributed by atoms with Crippen LogP contribution in [0.25, 0.3) is 0 Å². The molecule has 0 unspecified atom stereocenters. The highest BCUT2D eigenvalue weighted by Gasteiger charge is 2.20. The fraction of sp³-hybridized carbons (Fsp3) is 0.300. The van der Waals surface area contributed by atoms with Gasteiger partial charge in [0.25, 0.3) is 17.5 Å². The fourth-order valence-corrected chi connectivity index (χ4v) is 3.17. The van der Waals surface area contributed by atoms with Crippen molar-refractivity contribution in [2.75, 3.05) is 44.7 Å². The molecule has 2 aromatic carbocycles. The first-order chi connectivity index (χ1) is 14.5. The van der Waals surface area contributed by atoms with Crippen LogP contribution < -0.4 is 20.5 Å². The van der Waals surface area contributed by atoms with Crippen molar-refractivity contribution in [3.63, 3.8) is 0 Å². The molecule has 10 heteroatoms. The molecule has 0 spiro atoms. The number of benzene rings is 2. The van der Waals surface area contributed by atoms with Crippen LogP contribution in [-0.2, 0) is 4.79 Å². The van der Waals surface area contributed by atoms with Gasteiger partial charge in [-0.05, 0) is 18.2 Å². The van der Waals surface area contributed by atoms with Crippen molar-refractivity contribution in [1.29, 1.82) is 0 Å². The second-order valence-corrected chi connectivity index (χ2v) is 6.77. The summed E-state index contributed by atoms with van der Waals surface area (Å²) in [7, 11) is 1.63. The van der Waals surface area contributed by atoms with Crippen LogP contribution in [0.2, 0.25) is 0 Å². The Morgan fingerprint density at radius 1 is 1.07 bits per heavy atom. The first-order valence-electron chi connectivity index (χ1n) is 9.41. The molecule has 2 aromatic rings. The molecule has 1 saturated heterocycles. The minimum atomic E-state index is -0.616. The molecule has 30 heavy (non-hydrogen) atoms. The Morgan fingerprint density at radius 2 is 1.80 bits per heavy atom. The molecule has 0 radical (unpaired) electrons. The molecule has 2 amide bonds. The highest BCUT2D eigenvalue weighted by Crippen LogP contribution is 2.22. The van der Waals surface area contributed by atoms with E-state index in [4.69, 9.17) is 4.74 Å². The number of hydrogen-bond donors (Lipinski definition) is 2. The molecular weight excluding hydrogens is 390 g/mol. The molecule has 0 atom stereocenters. The highest BCUT2D eigenvalue weighted by atomic mass is 16.6. The van der Waals surface area contributed by atoms with Crippen molar-refractivity contribution >= 4 is 23.2 Å². The third-order valence-corrected chi connectivity index (χ3v) is 4.79. The molecule has 158 valence electrons. The minimum Gasteiger partial charge on any atom is -0.497 e. The molecule has 10 nitrogen and oxygen atoms in total. The monoisotopic (exact) mass is 413 g/mol. The number of carbonyl (C=O) groups is 2. The predicted octanol–water partition coefficient (Wildman–Crippen LogP) is 1.19. The van der Waals surface area contributed by atoms with Crippen molar-refractivity contribution < 1.29 is 19.2 Å². The zero-order valence-corrected chi connectivity index (χ0v) is 16.5. The van der Waals surface area contributed by atoms with E-state index in [9.17, 15) is 19.7 Å². The standard InChI is InChI=1S/C20H23N5O5/c1-30-18-7-3-5-16(13-18)24-10-8-23(9-11-24)14-19(26)21-22-20(27)15-4-2-6-17(12-15)25(28)29/h2-7,12-13H,8-11,14H2,1H3,(H,21,26)(H,22,27). The van der Waals surface area contributed by atoms with E-state index >= 15 is 0 Å². The number of hydrazine groups is 1. The Balaban J connectivity index is 1.44. The molecule has 0 saturated carbocycles. The lowest BCUT2D eigenvalue weighted by Gasteiger charge is -2.35. The number of hydrogen-bond acceptors (Lipinski definition) is 7. The van der Waals surface area contributed by atoms with Gasteiger partial charge in [-0.1, -0.05) is 12.1 Å². The SMILES string of the molecule is COc1cccc(N2CCN(CC(=O)NNC(=O)c3cccc([N+](=O)[O-])c3)CC2)c1. The minimum absolute atomic E-state index is 0.0939. The summed E-state index contributed by atoms with van der Waals surface area (Å²) in [6.07, 6.45) is 0. The van der Waals surface area contributed by atoms with Gasteiger partial charge < -0.3 is 9.64 Å². The molecule has 0 aromatic heterocycles. The number of methoxy groups -OCH3 is 1. The molecule has 1 heterocycles. The van der Waals surface area contributed by atoms with Crippen molar-refractivity contribution in [1.82, 2.24) is 15.8 Å². The van der Waals surface area contributed by atoms with E-state index in [1.54, 1.807) is 7.11 Å². The number of piperazine rings is 1. The normalized spacial score (nSPS) is 14.1. The molecule has 0 aliphatic carbocycles. The Morgan fingerprint density at radius 3 is 2.50 bits per heavy atom. The lowest BCUT2D eigenvalue weighted by atomic mass is 10.2. The number of ether oxygens (including phenoxy) is 1. The largest absolute Gasteiger partial charge is 0.497 e. The van der Waals surface area contributed by atoms with E-state index in [2.05, 4.69) is 15.8 Å². The first-order valence-corrected chi connectivity index (χ1v) is 9.41. The van der Waals surface area contributed by atoms with Gasteiger partial charge in [0, 0.05) is 55.6 Å². The smallest absolute Gasteiger partial charge is 0.270 e. The quantitative estimate of drug-likeness (QED) is 0.540. The van der Waals surface area contributed by atoms with Crippen molar-refractivity contribution in [2.45, 2.75) is 0 Å². The number of nitrogens with zero attached hydrogens (tertiary/aromatic N) is 3. The summed E-state index contributed by atoms with van der Waals surface area (Å²) in [5.41, 5.74) is 5.62. The summed E-state index contributed by atoms with van der Waals surface area (Å²) in [6.45, 7) is 3.06. The third-order valence-electron chi connectivity index (χ3n) is 4.79. The molecule has 3 rings (SSSR count). The topological polar surface area (TPSA) is 117 Å².